The Hall–Kier alpha value is -6.07. The Morgan fingerprint density at radius 2 is 1.00 bits per heavy atom. The molecule has 0 fully saturated rings. The second-order valence-electron chi connectivity index (χ2n) is 11.2. The van der Waals surface area contributed by atoms with E-state index in [0.717, 1.165) is 56.1 Å². The Morgan fingerprint density at radius 3 is 1.62 bits per heavy atom. The van der Waals surface area contributed by atoms with Gasteiger partial charge in [0.05, 0.1) is 22.1 Å². The quantitative estimate of drug-likeness (QED) is 0.209. The number of para-hydroxylation sites is 2. The largest absolute Gasteiger partial charge is 0.307 e. The Kier molecular flexibility index (Phi) is 5.81. The zero-order valence-corrected chi connectivity index (χ0v) is 24.4. The molecule has 0 radical (unpaired) electrons. The van der Waals surface area contributed by atoms with Gasteiger partial charge in [0.25, 0.3) is 0 Å². The van der Waals surface area contributed by atoms with E-state index in [4.69, 9.17) is 15.0 Å². The van der Waals surface area contributed by atoms with E-state index in [1.165, 1.54) is 10.8 Å². The molecule has 9 rings (SSSR count). The molecule has 0 amide bonds. The number of aromatic nitrogens is 5. The highest BCUT2D eigenvalue weighted by atomic mass is 15.2. The van der Waals surface area contributed by atoms with Gasteiger partial charge < -0.3 is 4.57 Å². The van der Waals surface area contributed by atoms with Crippen LogP contribution >= 0.6 is 0 Å². The Morgan fingerprint density at radius 1 is 0.467 bits per heavy atom. The molecule has 0 N–H and O–H groups in total. The van der Waals surface area contributed by atoms with E-state index >= 15 is 0 Å². The van der Waals surface area contributed by atoms with E-state index in [-0.39, 0.29) is 0 Å². The van der Waals surface area contributed by atoms with Crippen molar-refractivity contribution in [2.24, 2.45) is 0 Å². The van der Waals surface area contributed by atoms with Gasteiger partial charge in [0.2, 0.25) is 5.95 Å². The molecule has 0 saturated carbocycles. The lowest BCUT2D eigenvalue weighted by molar-refractivity contribution is 0.954. The molecule has 45 heavy (non-hydrogen) atoms. The molecule has 0 unspecified atom stereocenters. The van der Waals surface area contributed by atoms with Gasteiger partial charge in [0.15, 0.2) is 11.6 Å². The van der Waals surface area contributed by atoms with Crippen LogP contribution in [0.15, 0.2) is 152 Å². The summed E-state index contributed by atoms with van der Waals surface area (Å²) in [6.07, 6.45) is 11.9. The molecule has 5 heteroatoms. The minimum absolute atomic E-state index is 0.587. The Bertz CT molecular complexity index is 2440. The van der Waals surface area contributed by atoms with E-state index < -0.39 is 0 Å². The highest BCUT2D eigenvalue weighted by Crippen LogP contribution is 2.41. The zero-order valence-electron chi connectivity index (χ0n) is 24.4. The van der Waals surface area contributed by atoms with Crippen LogP contribution in [-0.4, -0.2) is 24.1 Å². The molecule has 5 nitrogen and oxygen atoms in total. The number of benzene rings is 5. The minimum atomic E-state index is 0.587. The summed E-state index contributed by atoms with van der Waals surface area (Å²) in [7, 11) is 0. The Labute approximate surface area is 259 Å². The summed E-state index contributed by atoms with van der Waals surface area (Å²) in [6.45, 7) is 0. The first-order valence-electron chi connectivity index (χ1n) is 15.2. The van der Waals surface area contributed by atoms with Gasteiger partial charge in [0, 0.05) is 38.4 Å². The first-order chi connectivity index (χ1) is 22.3. The maximum atomic E-state index is 5.18. The predicted octanol–water partition coefficient (Wildman–Crippen LogP) is 9.77. The van der Waals surface area contributed by atoms with Crippen LogP contribution in [0.5, 0.6) is 0 Å². The molecule has 3 heterocycles. The molecule has 1 aliphatic carbocycles. The van der Waals surface area contributed by atoms with Gasteiger partial charge in [-0.05, 0) is 30.7 Å². The fourth-order valence-corrected chi connectivity index (χ4v) is 6.59. The highest BCUT2D eigenvalue weighted by molar-refractivity contribution is 6.24. The summed E-state index contributed by atoms with van der Waals surface area (Å²) in [5, 5.41) is 4.70. The normalized spacial score (nSPS) is 13.2. The first-order valence-corrected chi connectivity index (χ1v) is 15.2. The molecular weight excluding hydrogens is 550 g/mol. The van der Waals surface area contributed by atoms with Crippen LogP contribution in [0.4, 0.5) is 0 Å². The predicted molar refractivity (Wildman–Crippen MR) is 185 cm³/mol. The molecule has 0 atom stereocenters. The van der Waals surface area contributed by atoms with Crippen LogP contribution in [0.2, 0.25) is 0 Å². The third-order valence-corrected chi connectivity index (χ3v) is 8.58. The van der Waals surface area contributed by atoms with Crippen molar-refractivity contribution in [3.63, 3.8) is 0 Å². The van der Waals surface area contributed by atoms with Crippen molar-refractivity contribution in [1.29, 1.82) is 0 Å². The van der Waals surface area contributed by atoms with Crippen LogP contribution in [0.1, 0.15) is 6.42 Å². The third-order valence-electron chi connectivity index (χ3n) is 8.58. The third kappa shape index (κ3) is 4.05. The summed E-state index contributed by atoms with van der Waals surface area (Å²) in [6, 6.07) is 42.0. The van der Waals surface area contributed by atoms with Crippen molar-refractivity contribution in [1.82, 2.24) is 24.1 Å². The summed E-state index contributed by atoms with van der Waals surface area (Å²) < 4.78 is 4.63. The van der Waals surface area contributed by atoms with Crippen molar-refractivity contribution < 1.29 is 0 Å². The van der Waals surface area contributed by atoms with Crippen LogP contribution in [0.25, 0.3) is 78.0 Å². The molecule has 1 aliphatic rings. The second kappa shape index (κ2) is 10.3. The molecule has 212 valence electrons. The lowest BCUT2D eigenvalue weighted by Gasteiger charge is -2.13. The van der Waals surface area contributed by atoms with E-state index in [1.54, 1.807) is 0 Å². The molecule has 0 aliphatic heterocycles. The number of fused-ring (bicyclic) bond motifs is 7. The van der Waals surface area contributed by atoms with Crippen LogP contribution in [0.3, 0.4) is 0 Å². The molecule has 3 aromatic heterocycles. The molecular formula is C40H27N5. The fourth-order valence-electron chi connectivity index (χ4n) is 6.59. The van der Waals surface area contributed by atoms with Crippen LogP contribution in [0, 0.1) is 0 Å². The SMILES string of the molecule is C1=CCC=CC(n2c3ccccc3c3ccc4c5ccccc5n(-c5nc(-c6ccccc6)nc(-c6ccccc6)n5)c4c32)=C1. The summed E-state index contributed by atoms with van der Waals surface area (Å²) >= 11 is 0. The van der Waals surface area contributed by atoms with Crippen LogP contribution < -0.4 is 0 Å². The number of hydrogen-bond donors (Lipinski definition) is 0. The van der Waals surface area contributed by atoms with E-state index in [2.05, 4.69) is 100 Å². The van der Waals surface area contributed by atoms with E-state index in [1.807, 2.05) is 60.7 Å². The topological polar surface area (TPSA) is 48.5 Å². The van der Waals surface area contributed by atoms with E-state index in [9.17, 15) is 0 Å². The summed E-state index contributed by atoms with van der Waals surface area (Å²) in [4.78, 5) is 15.3. The fraction of sp³-hybridized carbons (Fsp3) is 0.0250. The van der Waals surface area contributed by atoms with Crippen LogP contribution in [-0.2, 0) is 0 Å². The number of rotatable bonds is 4. The highest BCUT2D eigenvalue weighted by Gasteiger charge is 2.23. The molecule has 0 spiro atoms. The van der Waals surface area contributed by atoms with Gasteiger partial charge >= 0.3 is 0 Å². The average Bonchev–Trinajstić information content (AvgIpc) is 3.48. The molecule has 0 saturated heterocycles. The maximum absolute atomic E-state index is 5.18. The summed E-state index contributed by atoms with van der Waals surface area (Å²) in [5.41, 5.74) is 7.40. The number of allylic oxidation sites excluding steroid dienone is 6. The standard InChI is InChI=1S/C40H27N5/c1-2-10-20-29(19-9-1)44-34-23-13-11-21-30(34)32-25-26-33-31-22-12-14-24-35(31)45(37(33)36(32)44)40-42-38(27-15-5-3-6-16-27)41-39(43-40)28-17-7-4-8-18-28/h1,3-26H,2H2. The monoisotopic (exact) mass is 577 g/mol. The van der Waals surface area contributed by atoms with E-state index in [0.29, 0.717) is 17.6 Å². The van der Waals surface area contributed by atoms with Gasteiger partial charge in [-0.25, -0.2) is 4.98 Å². The molecule has 5 aromatic carbocycles. The zero-order chi connectivity index (χ0) is 29.7. The number of hydrogen-bond acceptors (Lipinski definition) is 3. The van der Waals surface area contributed by atoms with Gasteiger partial charge in [0.1, 0.15) is 0 Å². The van der Waals surface area contributed by atoms with Gasteiger partial charge in [-0.15, -0.1) is 0 Å². The molecule has 0 bridgehead atoms. The van der Waals surface area contributed by atoms with Gasteiger partial charge in [-0.3, -0.25) is 4.57 Å². The summed E-state index contributed by atoms with van der Waals surface area (Å²) in [5.74, 6) is 1.86. The van der Waals surface area contributed by atoms with Crippen molar-refractivity contribution in [2.75, 3.05) is 0 Å². The number of nitrogens with zero attached hydrogens (tertiary/aromatic N) is 5. The minimum Gasteiger partial charge on any atom is -0.307 e. The lowest BCUT2D eigenvalue weighted by atomic mass is 10.1. The first kappa shape index (κ1) is 25.4. The Balaban J connectivity index is 1.47. The van der Waals surface area contributed by atoms with Crippen molar-refractivity contribution in [2.45, 2.75) is 6.42 Å². The van der Waals surface area contributed by atoms with Crippen molar-refractivity contribution >= 4 is 49.3 Å². The van der Waals surface area contributed by atoms with Gasteiger partial charge in [-0.2, -0.15) is 9.97 Å². The maximum Gasteiger partial charge on any atom is 0.238 e. The average molecular weight is 578 g/mol. The molecule has 8 aromatic rings. The van der Waals surface area contributed by atoms with Crippen molar-refractivity contribution in [3.05, 3.63) is 152 Å². The van der Waals surface area contributed by atoms with Crippen molar-refractivity contribution in [3.8, 4) is 28.7 Å². The smallest absolute Gasteiger partial charge is 0.238 e. The van der Waals surface area contributed by atoms with Gasteiger partial charge in [-0.1, -0.05) is 127 Å². The second-order valence-corrected chi connectivity index (χ2v) is 11.2. The lowest BCUT2D eigenvalue weighted by Crippen LogP contribution is -2.07.